The zero-order valence-corrected chi connectivity index (χ0v) is 20.1. The Bertz CT molecular complexity index is 1310. The van der Waals surface area contributed by atoms with E-state index in [4.69, 9.17) is 5.73 Å². The fourth-order valence-electron chi connectivity index (χ4n) is 5.85. The van der Waals surface area contributed by atoms with E-state index in [1.54, 1.807) is 19.0 Å². The minimum Gasteiger partial charge on any atom is -0.508 e. The Morgan fingerprint density at radius 1 is 1.11 bits per heavy atom. The molecule has 0 aliphatic heterocycles. The van der Waals surface area contributed by atoms with Crippen LogP contribution in [0, 0.1) is 11.8 Å². The first-order valence-corrected chi connectivity index (χ1v) is 11.1. The van der Waals surface area contributed by atoms with Crippen LogP contribution in [0.4, 0.5) is 5.69 Å². The van der Waals surface area contributed by atoms with Crippen molar-refractivity contribution in [3.63, 3.8) is 0 Å². The van der Waals surface area contributed by atoms with E-state index in [9.17, 15) is 44.7 Å². The van der Waals surface area contributed by atoms with Crippen LogP contribution in [0.15, 0.2) is 23.0 Å². The van der Waals surface area contributed by atoms with Crippen LogP contribution in [0.5, 0.6) is 5.75 Å². The minimum absolute atomic E-state index is 0.0555. The summed E-state index contributed by atoms with van der Waals surface area (Å²) < 4.78 is 0. The van der Waals surface area contributed by atoms with Crippen LogP contribution in [-0.4, -0.2) is 93.7 Å². The number of phenols is 1. The summed E-state index contributed by atoms with van der Waals surface area (Å²) in [6.07, 6.45) is 0.00951. The predicted octanol–water partition coefficient (Wildman–Crippen LogP) is -0.272. The number of Topliss-reactive ketones (excluding diaryl/α,β-unsaturated/α-hetero) is 2. The largest absolute Gasteiger partial charge is 0.508 e. The normalized spacial score (nSPS) is 27.6. The molecule has 0 spiro atoms. The van der Waals surface area contributed by atoms with E-state index in [2.05, 4.69) is 0 Å². The second kappa shape index (κ2) is 8.07. The van der Waals surface area contributed by atoms with E-state index in [0.29, 0.717) is 11.3 Å². The Hall–Kier alpha value is -3.90. The predicted molar refractivity (Wildman–Crippen MR) is 126 cm³/mol. The first-order valence-electron chi connectivity index (χ1n) is 11.1. The quantitative estimate of drug-likeness (QED) is 0.296. The van der Waals surface area contributed by atoms with Crippen molar-refractivity contribution in [1.82, 2.24) is 4.90 Å². The van der Waals surface area contributed by atoms with Crippen LogP contribution >= 0.6 is 0 Å². The number of benzene rings is 1. The number of ketones is 2. The third kappa shape index (κ3) is 3.14. The number of aliphatic hydroxyl groups is 3. The number of aliphatic hydroxyl groups excluding tert-OH is 2. The average molecular weight is 501 g/mol. The molecule has 7 N–H and O–H groups in total. The molecule has 4 rings (SSSR count). The Balaban J connectivity index is 2.03. The molecular weight excluding hydrogens is 474 g/mol. The lowest BCUT2D eigenvalue weighted by Gasteiger charge is -2.50. The number of carboxylic acid groups (broad SMARTS) is 1. The molecule has 1 aromatic carbocycles. The van der Waals surface area contributed by atoms with Gasteiger partial charge in [0.1, 0.15) is 28.4 Å². The van der Waals surface area contributed by atoms with E-state index in [1.807, 2.05) is 0 Å². The van der Waals surface area contributed by atoms with Crippen molar-refractivity contribution in [3.8, 4) is 5.75 Å². The molecule has 0 aromatic heterocycles. The van der Waals surface area contributed by atoms with Gasteiger partial charge in [0.2, 0.25) is 5.78 Å². The first kappa shape index (κ1) is 25.2. The number of hydrogen-bond acceptors (Lipinski definition) is 10. The van der Waals surface area contributed by atoms with Gasteiger partial charge < -0.3 is 36.2 Å². The molecule has 192 valence electrons. The molecule has 4 atom stereocenters. The summed E-state index contributed by atoms with van der Waals surface area (Å²) in [5.41, 5.74) is 1.30. The van der Waals surface area contributed by atoms with Crippen molar-refractivity contribution in [2.24, 2.45) is 17.6 Å². The Morgan fingerprint density at radius 3 is 2.22 bits per heavy atom. The molecule has 2 unspecified atom stereocenters. The highest BCUT2D eigenvalue weighted by atomic mass is 16.4. The Kier molecular flexibility index (Phi) is 5.65. The zero-order valence-electron chi connectivity index (χ0n) is 20.1. The van der Waals surface area contributed by atoms with E-state index in [1.165, 1.54) is 25.1 Å². The van der Waals surface area contributed by atoms with Gasteiger partial charge in [0, 0.05) is 31.3 Å². The molecule has 0 radical (unpaired) electrons. The molecule has 1 amide bonds. The summed E-state index contributed by atoms with van der Waals surface area (Å²) >= 11 is 0. The van der Waals surface area contributed by atoms with Gasteiger partial charge in [-0.15, -0.1) is 0 Å². The average Bonchev–Trinajstić information content (AvgIpc) is 2.75. The number of amides is 1. The van der Waals surface area contributed by atoms with Crippen LogP contribution in [0.3, 0.4) is 0 Å². The number of aromatic hydroxyl groups is 1. The number of anilines is 1. The van der Waals surface area contributed by atoms with Gasteiger partial charge in [-0.3, -0.25) is 19.3 Å². The molecule has 0 heterocycles. The summed E-state index contributed by atoms with van der Waals surface area (Å²) in [6.45, 7) is 0. The van der Waals surface area contributed by atoms with E-state index < -0.39 is 75.3 Å². The highest BCUT2D eigenvalue weighted by Crippen LogP contribution is 2.54. The number of fused-ring (bicyclic) bond motifs is 3. The standard InChI is InChI=1S/C24H27N3O9/c1-26(2)12-7-10(23(34)35)17(28)14-9(12)5-8-6-11-16(27(3)4)19(30)15(22(25)33)21(32)24(11,36)20(31)13(8)18(14)29/h7-8,11,16,28-29,32,36H,5-6H2,1-4H3,(H2,25,33)(H,34,35)/t8?,11?,16-,24-/m0/s1. The van der Waals surface area contributed by atoms with Gasteiger partial charge in [-0.1, -0.05) is 0 Å². The highest BCUT2D eigenvalue weighted by Gasteiger charge is 2.64. The minimum atomic E-state index is -2.76. The number of aromatic carboxylic acids is 1. The van der Waals surface area contributed by atoms with Crippen LogP contribution in [-0.2, 0) is 20.8 Å². The fourth-order valence-corrected chi connectivity index (χ4v) is 5.85. The van der Waals surface area contributed by atoms with E-state index >= 15 is 0 Å². The Labute approximate surface area is 205 Å². The van der Waals surface area contributed by atoms with Crippen molar-refractivity contribution < 1.29 is 44.7 Å². The number of carbonyl (C=O) groups is 4. The van der Waals surface area contributed by atoms with Crippen LogP contribution in [0.2, 0.25) is 0 Å². The second-order valence-electron chi connectivity index (χ2n) is 9.81. The van der Waals surface area contributed by atoms with E-state index in [0.717, 1.165) is 0 Å². The first-order chi connectivity index (χ1) is 16.7. The third-order valence-corrected chi connectivity index (χ3v) is 7.41. The third-order valence-electron chi connectivity index (χ3n) is 7.41. The lowest BCUT2D eigenvalue weighted by molar-refractivity contribution is -0.153. The van der Waals surface area contributed by atoms with Crippen molar-refractivity contribution in [1.29, 1.82) is 0 Å². The maximum Gasteiger partial charge on any atom is 0.339 e. The molecule has 0 saturated heterocycles. The summed E-state index contributed by atoms with van der Waals surface area (Å²) in [6, 6.07) is 0.0782. The molecule has 1 aromatic rings. The maximum absolute atomic E-state index is 13.8. The van der Waals surface area contributed by atoms with Gasteiger partial charge in [0.05, 0.1) is 11.6 Å². The van der Waals surface area contributed by atoms with Crippen molar-refractivity contribution in [2.45, 2.75) is 24.5 Å². The van der Waals surface area contributed by atoms with Gasteiger partial charge in [-0.05, 0) is 44.5 Å². The number of carbonyl (C=O) groups excluding carboxylic acids is 3. The SMILES string of the molecule is CN(C)c1cc(C(=O)O)c(O)c2c1CC1CC3[C@H](N(C)C)C(=O)C(C(N)=O)=C(O)[C@@]3(O)C(=O)C1=C2O. The number of nitrogens with two attached hydrogens (primary N) is 1. The fraction of sp³-hybridized carbons (Fsp3) is 0.417. The summed E-state index contributed by atoms with van der Waals surface area (Å²) in [4.78, 5) is 53.7. The smallest absolute Gasteiger partial charge is 0.339 e. The van der Waals surface area contributed by atoms with Crippen molar-refractivity contribution in [2.75, 3.05) is 33.1 Å². The summed E-state index contributed by atoms with van der Waals surface area (Å²) in [5.74, 6) is -9.39. The maximum atomic E-state index is 13.8. The number of hydrogen-bond donors (Lipinski definition) is 6. The summed E-state index contributed by atoms with van der Waals surface area (Å²) in [5, 5.41) is 53.9. The lowest BCUT2D eigenvalue weighted by Crippen LogP contribution is -2.65. The zero-order chi connectivity index (χ0) is 27.0. The van der Waals surface area contributed by atoms with Gasteiger partial charge in [-0.2, -0.15) is 0 Å². The molecular formula is C24H27N3O9. The van der Waals surface area contributed by atoms with Crippen LogP contribution < -0.4 is 10.6 Å². The molecule has 1 fully saturated rings. The molecule has 3 aliphatic carbocycles. The Morgan fingerprint density at radius 2 is 1.72 bits per heavy atom. The number of primary amides is 1. The van der Waals surface area contributed by atoms with Gasteiger partial charge >= 0.3 is 5.97 Å². The van der Waals surface area contributed by atoms with Crippen molar-refractivity contribution in [3.05, 3.63) is 39.7 Å². The van der Waals surface area contributed by atoms with Crippen molar-refractivity contribution >= 4 is 34.9 Å². The van der Waals surface area contributed by atoms with Crippen LogP contribution in [0.25, 0.3) is 5.76 Å². The van der Waals surface area contributed by atoms with Gasteiger partial charge in [0.15, 0.2) is 11.4 Å². The molecule has 1 saturated carbocycles. The van der Waals surface area contributed by atoms with Crippen LogP contribution in [0.1, 0.15) is 27.9 Å². The second-order valence-corrected chi connectivity index (χ2v) is 9.81. The lowest BCUT2D eigenvalue weighted by atomic mass is 9.57. The molecule has 12 nitrogen and oxygen atoms in total. The molecule has 36 heavy (non-hydrogen) atoms. The topological polar surface area (TPSA) is 202 Å². The molecule has 3 aliphatic rings. The van der Waals surface area contributed by atoms with E-state index in [-0.39, 0.29) is 24.0 Å². The number of rotatable bonds is 4. The highest BCUT2D eigenvalue weighted by molar-refractivity contribution is 6.24. The monoisotopic (exact) mass is 501 g/mol. The van der Waals surface area contributed by atoms with Gasteiger partial charge in [-0.25, -0.2) is 4.79 Å². The number of likely N-dealkylation sites (N-methyl/N-ethyl adjacent to an activating group) is 1. The molecule has 0 bridgehead atoms. The summed E-state index contributed by atoms with van der Waals surface area (Å²) in [7, 11) is 6.33. The number of nitrogens with zero attached hydrogens (tertiary/aromatic N) is 2. The molecule has 12 heteroatoms. The number of carboxylic acids is 1. The van der Waals surface area contributed by atoms with Gasteiger partial charge in [0.25, 0.3) is 5.91 Å².